The maximum Gasteiger partial charge on any atom is 0.221 e. The van der Waals surface area contributed by atoms with Crippen LogP contribution in [0.4, 0.5) is 0 Å². The monoisotopic (exact) mass is 414 g/mol. The second-order valence-corrected chi connectivity index (χ2v) is 10.8. The summed E-state index contributed by atoms with van der Waals surface area (Å²) >= 11 is 0. The average Bonchev–Trinajstić information content (AvgIpc) is 3.15. The molecule has 0 unspecified atom stereocenters. The fourth-order valence-electron chi connectivity index (χ4n) is 3.39. The van der Waals surface area contributed by atoms with Crippen LogP contribution in [0.1, 0.15) is 5.56 Å². The van der Waals surface area contributed by atoms with E-state index in [1.54, 1.807) is 30.4 Å². The van der Waals surface area contributed by atoms with E-state index in [9.17, 15) is 4.57 Å². The normalized spacial score (nSPS) is 11.9. The van der Waals surface area contributed by atoms with Gasteiger partial charge in [0, 0.05) is 22.5 Å². The first-order chi connectivity index (χ1) is 14.5. The number of aromatic nitrogens is 6. The highest BCUT2D eigenvalue weighted by Gasteiger charge is 2.13. The smallest absolute Gasteiger partial charge is 0.221 e. The van der Waals surface area contributed by atoms with Gasteiger partial charge in [0.15, 0.2) is 5.65 Å². The van der Waals surface area contributed by atoms with Crippen molar-refractivity contribution in [2.75, 3.05) is 13.3 Å². The van der Waals surface area contributed by atoms with Gasteiger partial charge in [0.2, 0.25) is 5.65 Å². The first-order valence-corrected chi connectivity index (χ1v) is 12.1. The van der Waals surface area contributed by atoms with E-state index in [0.717, 1.165) is 33.0 Å². The molecule has 30 heavy (non-hydrogen) atoms. The number of rotatable bonds is 4. The van der Waals surface area contributed by atoms with Crippen LogP contribution in [0.3, 0.4) is 0 Å². The van der Waals surface area contributed by atoms with Crippen LogP contribution in [-0.4, -0.2) is 43.3 Å². The Bertz CT molecular complexity index is 1420. The van der Waals surface area contributed by atoms with Crippen LogP contribution in [0.5, 0.6) is 0 Å². The second-order valence-electron chi connectivity index (χ2n) is 7.58. The molecule has 7 nitrogen and oxygen atoms in total. The quantitative estimate of drug-likeness (QED) is 0.417. The van der Waals surface area contributed by atoms with Gasteiger partial charge in [-0.3, -0.25) is 4.98 Å². The van der Waals surface area contributed by atoms with Crippen molar-refractivity contribution in [2.24, 2.45) is 0 Å². The highest BCUT2D eigenvalue weighted by atomic mass is 31.2. The molecule has 0 aliphatic rings. The summed E-state index contributed by atoms with van der Waals surface area (Å²) in [6.45, 7) is 4.06. The van der Waals surface area contributed by atoms with Crippen molar-refractivity contribution >= 4 is 34.6 Å². The largest absolute Gasteiger partial charge is 0.319 e. The Balaban J connectivity index is 1.50. The van der Waals surface area contributed by atoms with E-state index in [1.807, 2.05) is 48.5 Å². The Kier molecular flexibility index (Phi) is 4.40. The Morgan fingerprint density at radius 2 is 1.83 bits per heavy atom. The molecule has 8 heteroatoms. The van der Waals surface area contributed by atoms with Gasteiger partial charge in [0.05, 0.1) is 24.0 Å². The maximum atomic E-state index is 12.3. The molecule has 0 amide bonds. The molecule has 148 valence electrons. The highest BCUT2D eigenvalue weighted by Crippen LogP contribution is 2.34. The number of benzene rings is 2. The van der Waals surface area contributed by atoms with Crippen molar-refractivity contribution in [1.29, 1.82) is 0 Å². The lowest BCUT2D eigenvalue weighted by Crippen LogP contribution is -2.04. The van der Waals surface area contributed by atoms with Crippen LogP contribution >= 0.6 is 7.14 Å². The summed E-state index contributed by atoms with van der Waals surface area (Å²) in [5.74, 6) is 0. The van der Waals surface area contributed by atoms with Gasteiger partial charge in [-0.25, -0.2) is 14.6 Å². The summed E-state index contributed by atoms with van der Waals surface area (Å²) in [5, 5.41) is 10.3. The van der Waals surface area contributed by atoms with E-state index < -0.39 is 7.14 Å². The summed E-state index contributed by atoms with van der Waals surface area (Å²) in [4.78, 5) is 13.5. The minimum atomic E-state index is -2.29. The fourth-order valence-corrected chi connectivity index (χ4v) is 4.26. The van der Waals surface area contributed by atoms with E-state index in [1.165, 1.54) is 0 Å². The van der Waals surface area contributed by atoms with Crippen LogP contribution < -0.4 is 5.30 Å². The molecule has 5 aromatic rings. The third kappa shape index (κ3) is 3.48. The summed E-state index contributed by atoms with van der Waals surface area (Å²) < 4.78 is 14.0. The predicted molar refractivity (Wildman–Crippen MR) is 118 cm³/mol. The third-order valence-electron chi connectivity index (χ3n) is 5.01. The molecule has 0 radical (unpaired) electrons. The van der Waals surface area contributed by atoms with E-state index in [0.29, 0.717) is 17.8 Å². The molecular weight excluding hydrogens is 395 g/mol. The molecule has 0 fully saturated rings. The zero-order chi connectivity index (χ0) is 20.7. The minimum absolute atomic E-state index is 0.504. The Morgan fingerprint density at radius 1 is 1.00 bits per heavy atom. The van der Waals surface area contributed by atoms with E-state index in [2.05, 4.69) is 26.3 Å². The van der Waals surface area contributed by atoms with Gasteiger partial charge in [-0.05, 0) is 37.1 Å². The van der Waals surface area contributed by atoms with Gasteiger partial charge in [0.25, 0.3) is 0 Å². The molecule has 0 aliphatic carbocycles. The van der Waals surface area contributed by atoms with Crippen LogP contribution in [0.15, 0.2) is 67.0 Å². The Morgan fingerprint density at radius 3 is 2.63 bits per heavy atom. The summed E-state index contributed by atoms with van der Waals surface area (Å²) in [6, 6.07) is 17.7. The van der Waals surface area contributed by atoms with Crippen LogP contribution in [-0.2, 0) is 11.1 Å². The van der Waals surface area contributed by atoms with Crippen molar-refractivity contribution in [3.63, 3.8) is 0 Å². The molecule has 2 aromatic carbocycles. The number of pyridine rings is 1. The van der Waals surface area contributed by atoms with Crippen molar-refractivity contribution in [2.45, 2.75) is 6.54 Å². The first kappa shape index (κ1) is 18.6. The molecule has 5 rings (SSSR count). The average molecular weight is 414 g/mol. The SMILES string of the molecule is CP(C)(=O)c1ccc(-c2cnc3nnn(Cc4ccc5ncccc5c4)c3n2)cc1. The molecule has 0 spiro atoms. The van der Waals surface area contributed by atoms with Crippen LogP contribution in [0.2, 0.25) is 0 Å². The van der Waals surface area contributed by atoms with Crippen molar-refractivity contribution in [3.05, 3.63) is 72.6 Å². The molecule has 0 N–H and O–H groups in total. The van der Waals surface area contributed by atoms with Gasteiger partial charge in [0.1, 0.15) is 7.14 Å². The highest BCUT2D eigenvalue weighted by molar-refractivity contribution is 7.70. The minimum Gasteiger partial charge on any atom is -0.319 e. The van der Waals surface area contributed by atoms with Crippen molar-refractivity contribution < 1.29 is 4.57 Å². The fraction of sp³-hybridized carbons (Fsp3) is 0.136. The molecule has 0 aliphatic heterocycles. The van der Waals surface area contributed by atoms with Gasteiger partial charge >= 0.3 is 0 Å². The summed E-state index contributed by atoms with van der Waals surface area (Å²) in [6.07, 6.45) is 3.48. The van der Waals surface area contributed by atoms with Gasteiger partial charge in [-0.1, -0.05) is 41.6 Å². The molecule has 3 heterocycles. The first-order valence-electron chi connectivity index (χ1n) is 9.53. The lowest BCUT2D eigenvalue weighted by atomic mass is 10.1. The number of nitrogens with zero attached hydrogens (tertiary/aromatic N) is 6. The van der Waals surface area contributed by atoms with E-state index >= 15 is 0 Å². The zero-order valence-electron chi connectivity index (χ0n) is 16.6. The summed E-state index contributed by atoms with van der Waals surface area (Å²) in [7, 11) is -2.29. The maximum absolute atomic E-state index is 12.3. The summed E-state index contributed by atoms with van der Waals surface area (Å²) in [5.41, 5.74) is 4.80. The molecular formula is C22H19N6OP. The third-order valence-corrected chi connectivity index (χ3v) is 6.55. The molecule has 0 saturated heterocycles. The van der Waals surface area contributed by atoms with Gasteiger partial charge in [-0.2, -0.15) is 0 Å². The van der Waals surface area contributed by atoms with E-state index in [4.69, 9.17) is 4.98 Å². The molecule has 0 saturated carbocycles. The number of hydrogen-bond donors (Lipinski definition) is 0. The van der Waals surface area contributed by atoms with Crippen molar-refractivity contribution in [3.8, 4) is 11.3 Å². The second kappa shape index (κ2) is 7.11. The lowest BCUT2D eigenvalue weighted by molar-refractivity contribution is 0.588. The van der Waals surface area contributed by atoms with E-state index in [-0.39, 0.29) is 0 Å². The molecule has 3 aromatic heterocycles. The van der Waals surface area contributed by atoms with Crippen LogP contribution in [0, 0.1) is 0 Å². The number of fused-ring (bicyclic) bond motifs is 2. The van der Waals surface area contributed by atoms with Crippen molar-refractivity contribution in [1.82, 2.24) is 29.9 Å². The predicted octanol–water partition coefficient (Wildman–Crippen LogP) is 3.73. The van der Waals surface area contributed by atoms with Crippen LogP contribution in [0.25, 0.3) is 33.5 Å². The van der Waals surface area contributed by atoms with Gasteiger partial charge in [-0.15, -0.1) is 5.10 Å². The topological polar surface area (TPSA) is 86.5 Å². The number of hydrogen-bond acceptors (Lipinski definition) is 6. The molecule has 0 atom stereocenters. The van der Waals surface area contributed by atoms with Gasteiger partial charge < -0.3 is 4.57 Å². The Labute approximate surface area is 173 Å². The standard InChI is InChI=1S/C22H19N6OP/c1-30(2,29)18-8-6-16(7-9-18)20-13-24-21-22(25-20)28(27-26-21)14-15-5-10-19-17(12-15)4-3-11-23-19/h3-13H,14H2,1-2H3. The Hall–Kier alpha value is -3.44. The molecule has 0 bridgehead atoms. The lowest BCUT2D eigenvalue weighted by Gasteiger charge is -2.08. The zero-order valence-corrected chi connectivity index (χ0v) is 17.5.